The number of carbonyl (C=O) groups is 2. The van der Waals surface area contributed by atoms with Gasteiger partial charge in [0.25, 0.3) is 5.91 Å². The SMILES string of the molecule is CCC(C)C(NC(N)=O)C(=O)NOC(C)(C)C. The van der Waals surface area contributed by atoms with E-state index >= 15 is 0 Å². The van der Waals surface area contributed by atoms with Gasteiger partial charge < -0.3 is 11.1 Å². The molecule has 0 fully saturated rings. The highest BCUT2D eigenvalue weighted by atomic mass is 16.7. The molecule has 0 saturated heterocycles. The van der Waals surface area contributed by atoms with Crippen molar-refractivity contribution in [3.8, 4) is 0 Å². The molecule has 6 nitrogen and oxygen atoms in total. The van der Waals surface area contributed by atoms with Gasteiger partial charge >= 0.3 is 6.03 Å². The molecule has 6 heteroatoms. The first kappa shape index (κ1) is 15.7. The van der Waals surface area contributed by atoms with E-state index in [1.54, 1.807) is 0 Å². The maximum absolute atomic E-state index is 11.8. The summed E-state index contributed by atoms with van der Waals surface area (Å²) in [6.07, 6.45) is 0.744. The van der Waals surface area contributed by atoms with Crippen LogP contribution in [-0.2, 0) is 9.63 Å². The van der Waals surface area contributed by atoms with E-state index in [9.17, 15) is 9.59 Å². The zero-order chi connectivity index (χ0) is 13.6. The topological polar surface area (TPSA) is 93.5 Å². The third-order valence-corrected chi connectivity index (χ3v) is 2.25. The number of hydroxylamine groups is 1. The van der Waals surface area contributed by atoms with Crippen molar-refractivity contribution in [1.29, 1.82) is 0 Å². The first-order chi connectivity index (χ1) is 7.67. The normalized spacial score (nSPS) is 14.9. The fourth-order valence-electron chi connectivity index (χ4n) is 1.12. The number of nitrogens with two attached hydrogens (primary N) is 1. The van der Waals surface area contributed by atoms with E-state index in [1.807, 2.05) is 34.6 Å². The van der Waals surface area contributed by atoms with Gasteiger partial charge in [0.1, 0.15) is 6.04 Å². The molecule has 0 heterocycles. The zero-order valence-corrected chi connectivity index (χ0v) is 11.2. The Morgan fingerprint density at radius 2 is 1.88 bits per heavy atom. The summed E-state index contributed by atoms with van der Waals surface area (Å²) in [7, 11) is 0. The van der Waals surface area contributed by atoms with Gasteiger partial charge in [0, 0.05) is 0 Å². The lowest BCUT2D eigenvalue weighted by atomic mass is 9.99. The van der Waals surface area contributed by atoms with Crippen molar-refractivity contribution in [2.45, 2.75) is 52.7 Å². The monoisotopic (exact) mass is 245 g/mol. The predicted molar refractivity (Wildman–Crippen MR) is 64.9 cm³/mol. The number of rotatable bonds is 5. The Kier molecular flexibility index (Phi) is 5.95. The van der Waals surface area contributed by atoms with Crippen LogP contribution in [0.2, 0.25) is 0 Å². The average molecular weight is 245 g/mol. The summed E-state index contributed by atoms with van der Waals surface area (Å²) in [5.74, 6) is -0.417. The van der Waals surface area contributed by atoms with Crippen molar-refractivity contribution >= 4 is 11.9 Å². The van der Waals surface area contributed by atoms with E-state index in [1.165, 1.54) is 0 Å². The summed E-state index contributed by atoms with van der Waals surface area (Å²) in [6, 6.07) is -1.40. The largest absolute Gasteiger partial charge is 0.352 e. The lowest BCUT2D eigenvalue weighted by Crippen LogP contribution is -2.52. The highest BCUT2D eigenvalue weighted by molar-refractivity contribution is 5.86. The Bertz CT molecular complexity index is 274. The van der Waals surface area contributed by atoms with Crippen LogP contribution in [0, 0.1) is 5.92 Å². The molecule has 17 heavy (non-hydrogen) atoms. The smallest absolute Gasteiger partial charge is 0.312 e. The van der Waals surface area contributed by atoms with Crippen LogP contribution in [0.25, 0.3) is 0 Å². The Morgan fingerprint density at radius 3 is 2.24 bits per heavy atom. The predicted octanol–water partition coefficient (Wildman–Crippen LogP) is 0.916. The first-order valence-electron chi connectivity index (χ1n) is 5.71. The molecule has 0 aromatic carbocycles. The van der Waals surface area contributed by atoms with Crippen LogP contribution in [0.4, 0.5) is 4.79 Å². The molecule has 2 unspecified atom stereocenters. The lowest BCUT2D eigenvalue weighted by Gasteiger charge is -2.25. The van der Waals surface area contributed by atoms with Gasteiger partial charge in [-0.2, -0.15) is 0 Å². The van der Waals surface area contributed by atoms with Crippen LogP contribution in [0.3, 0.4) is 0 Å². The van der Waals surface area contributed by atoms with E-state index in [0.717, 1.165) is 6.42 Å². The Balaban J connectivity index is 4.48. The minimum Gasteiger partial charge on any atom is -0.352 e. The van der Waals surface area contributed by atoms with Crippen molar-refractivity contribution < 1.29 is 14.4 Å². The second-order valence-corrected chi connectivity index (χ2v) is 5.05. The standard InChI is InChI=1S/C11H23N3O3/c1-6-7(2)8(13-10(12)16)9(15)14-17-11(3,4)5/h7-8H,6H2,1-5H3,(H,14,15)(H3,12,13,16). The molecule has 0 aromatic heterocycles. The number of hydrogen-bond acceptors (Lipinski definition) is 3. The van der Waals surface area contributed by atoms with Crippen LogP contribution in [0.15, 0.2) is 0 Å². The number of primary amides is 1. The van der Waals surface area contributed by atoms with Crippen molar-refractivity contribution in [2.24, 2.45) is 11.7 Å². The minimum atomic E-state index is -0.721. The number of nitrogens with one attached hydrogen (secondary N) is 2. The molecular weight excluding hydrogens is 222 g/mol. The van der Waals surface area contributed by atoms with E-state index in [0.29, 0.717) is 0 Å². The summed E-state index contributed by atoms with van der Waals surface area (Å²) in [5.41, 5.74) is 6.89. The fourth-order valence-corrected chi connectivity index (χ4v) is 1.12. The summed E-state index contributed by atoms with van der Waals surface area (Å²) in [6.45, 7) is 9.22. The van der Waals surface area contributed by atoms with Crippen LogP contribution < -0.4 is 16.5 Å². The van der Waals surface area contributed by atoms with Crippen LogP contribution in [0.1, 0.15) is 41.0 Å². The molecule has 0 aliphatic heterocycles. The van der Waals surface area contributed by atoms with Crippen molar-refractivity contribution in [1.82, 2.24) is 10.8 Å². The maximum Gasteiger partial charge on any atom is 0.312 e. The van der Waals surface area contributed by atoms with Gasteiger partial charge in [0.15, 0.2) is 0 Å². The van der Waals surface area contributed by atoms with Crippen LogP contribution in [0.5, 0.6) is 0 Å². The summed E-state index contributed by atoms with van der Waals surface area (Å²) in [5, 5.41) is 2.41. The van der Waals surface area contributed by atoms with E-state index in [-0.39, 0.29) is 5.92 Å². The van der Waals surface area contributed by atoms with E-state index in [2.05, 4.69) is 10.8 Å². The number of urea groups is 1. The molecule has 0 aromatic rings. The molecule has 0 bridgehead atoms. The Morgan fingerprint density at radius 1 is 1.35 bits per heavy atom. The highest BCUT2D eigenvalue weighted by Crippen LogP contribution is 2.09. The molecule has 3 amide bonds. The van der Waals surface area contributed by atoms with Gasteiger partial charge in [-0.1, -0.05) is 20.3 Å². The third kappa shape index (κ3) is 6.78. The first-order valence-corrected chi connectivity index (χ1v) is 5.71. The molecule has 0 rings (SSSR count). The number of amides is 3. The summed E-state index contributed by atoms with van der Waals surface area (Å²) >= 11 is 0. The van der Waals surface area contributed by atoms with Crippen molar-refractivity contribution in [2.75, 3.05) is 0 Å². The van der Waals surface area contributed by atoms with Gasteiger partial charge in [-0.15, -0.1) is 0 Å². The average Bonchev–Trinajstić information content (AvgIpc) is 2.20. The quantitative estimate of drug-likeness (QED) is 0.628. The van der Waals surface area contributed by atoms with Crippen LogP contribution in [-0.4, -0.2) is 23.6 Å². The molecule has 0 saturated carbocycles. The lowest BCUT2D eigenvalue weighted by molar-refractivity contribution is -0.148. The van der Waals surface area contributed by atoms with Gasteiger partial charge in [0.05, 0.1) is 5.60 Å². The molecule has 2 atom stereocenters. The van der Waals surface area contributed by atoms with Gasteiger partial charge in [-0.05, 0) is 26.7 Å². The third-order valence-electron chi connectivity index (χ3n) is 2.25. The molecule has 0 spiro atoms. The molecular formula is C11H23N3O3. The van der Waals surface area contributed by atoms with Crippen LogP contribution >= 0.6 is 0 Å². The van der Waals surface area contributed by atoms with Crippen molar-refractivity contribution in [3.05, 3.63) is 0 Å². The van der Waals surface area contributed by atoms with Gasteiger partial charge in [-0.25, -0.2) is 10.3 Å². The second-order valence-electron chi connectivity index (χ2n) is 5.05. The molecule has 100 valence electrons. The molecule has 0 aliphatic carbocycles. The van der Waals surface area contributed by atoms with E-state index < -0.39 is 23.6 Å². The Hall–Kier alpha value is -1.30. The summed E-state index contributed by atoms with van der Waals surface area (Å²) < 4.78 is 0. The Labute approximate surface area is 102 Å². The molecule has 4 N–H and O–H groups in total. The molecule has 0 aliphatic rings. The zero-order valence-electron chi connectivity index (χ0n) is 11.2. The van der Waals surface area contributed by atoms with E-state index in [4.69, 9.17) is 10.6 Å². The summed E-state index contributed by atoms with van der Waals surface area (Å²) in [4.78, 5) is 27.8. The second kappa shape index (κ2) is 6.44. The highest BCUT2D eigenvalue weighted by Gasteiger charge is 2.26. The fraction of sp³-hybridized carbons (Fsp3) is 0.818. The minimum absolute atomic E-state index is 0.0222. The van der Waals surface area contributed by atoms with Gasteiger partial charge in [-0.3, -0.25) is 9.63 Å². The van der Waals surface area contributed by atoms with Crippen molar-refractivity contribution in [3.63, 3.8) is 0 Å². The number of hydrogen-bond donors (Lipinski definition) is 3. The number of carbonyl (C=O) groups excluding carboxylic acids is 2. The molecule has 0 radical (unpaired) electrons. The van der Waals surface area contributed by atoms with Gasteiger partial charge in [0.2, 0.25) is 0 Å². The maximum atomic E-state index is 11.8.